The van der Waals surface area contributed by atoms with Crippen molar-refractivity contribution >= 4 is 41.1 Å². The van der Waals surface area contributed by atoms with Crippen LogP contribution in [0.3, 0.4) is 0 Å². The van der Waals surface area contributed by atoms with Crippen molar-refractivity contribution in [2.45, 2.75) is 13.0 Å². The van der Waals surface area contributed by atoms with E-state index in [1.54, 1.807) is 40.0 Å². The number of carbonyl (C=O) groups is 1. The largest absolute Gasteiger partial charge is 0.492 e. The number of aromatic amines is 1. The van der Waals surface area contributed by atoms with Gasteiger partial charge in [-0.2, -0.15) is 5.10 Å². The Morgan fingerprint density at radius 3 is 2.96 bits per heavy atom. The molecule has 0 saturated carbocycles. The number of carbonyl (C=O) groups excluding carboxylic acids is 1. The standard InChI is InChI=1S/C18H19ClN4O2S2/c1-12(23-16(20-21-18(23)26)15-7-4-10-27-15)17(24)22(2)8-9-25-14-6-3-5-13(19)11-14/h3-7,10-12H,8-9H2,1-2H3,(H,21,26). The van der Waals surface area contributed by atoms with Gasteiger partial charge in [0, 0.05) is 12.1 Å². The molecular weight excluding hydrogens is 404 g/mol. The van der Waals surface area contributed by atoms with Gasteiger partial charge in [0.25, 0.3) is 0 Å². The van der Waals surface area contributed by atoms with E-state index in [0.29, 0.717) is 34.5 Å². The second-order valence-electron chi connectivity index (χ2n) is 5.94. The highest BCUT2D eigenvalue weighted by atomic mass is 35.5. The van der Waals surface area contributed by atoms with Crippen molar-refractivity contribution in [3.63, 3.8) is 0 Å². The number of halogens is 1. The molecule has 0 spiro atoms. The Hall–Kier alpha value is -2.16. The summed E-state index contributed by atoms with van der Waals surface area (Å²) in [6, 6.07) is 10.6. The molecule has 1 aromatic carbocycles. The van der Waals surface area contributed by atoms with Crippen LogP contribution in [0.25, 0.3) is 10.7 Å². The summed E-state index contributed by atoms with van der Waals surface area (Å²) in [6.07, 6.45) is 0. The first-order valence-corrected chi connectivity index (χ1v) is 9.98. The van der Waals surface area contributed by atoms with E-state index in [1.807, 2.05) is 36.6 Å². The summed E-state index contributed by atoms with van der Waals surface area (Å²) in [6.45, 7) is 2.62. The summed E-state index contributed by atoms with van der Waals surface area (Å²) >= 11 is 12.8. The summed E-state index contributed by atoms with van der Waals surface area (Å²) in [5.41, 5.74) is 0. The molecule has 3 aromatic rings. The zero-order chi connectivity index (χ0) is 19.4. The fourth-order valence-corrected chi connectivity index (χ4v) is 3.82. The van der Waals surface area contributed by atoms with Crippen molar-refractivity contribution in [2.24, 2.45) is 0 Å². The first-order chi connectivity index (χ1) is 13.0. The van der Waals surface area contributed by atoms with Crippen LogP contribution >= 0.6 is 35.2 Å². The third-order valence-electron chi connectivity index (χ3n) is 4.06. The highest BCUT2D eigenvalue weighted by Gasteiger charge is 2.24. The van der Waals surface area contributed by atoms with E-state index in [4.69, 9.17) is 28.6 Å². The van der Waals surface area contributed by atoms with Gasteiger partial charge in [0.2, 0.25) is 5.91 Å². The number of nitrogens with zero attached hydrogens (tertiary/aromatic N) is 3. The van der Waals surface area contributed by atoms with Crippen LogP contribution in [-0.2, 0) is 4.79 Å². The molecule has 9 heteroatoms. The fraction of sp³-hybridized carbons (Fsp3) is 0.278. The first kappa shape index (κ1) is 19.6. The molecule has 142 valence electrons. The lowest BCUT2D eigenvalue weighted by Crippen LogP contribution is -2.36. The van der Waals surface area contributed by atoms with Gasteiger partial charge in [-0.25, -0.2) is 0 Å². The molecule has 1 unspecified atom stereocenters. The van der Waals surface area contributed by atoms with E-state index >= 15 is 0 Å². The molecule has 0 radical (unpaired) electrons. The zero-order valence-electron chi connectivity index (χ0n) is 14.9. The van der Waals surface area contributed by atoms with Crippen molar-refractivity contribution in [2.75, 3.05) is 20.2 Å². The SMILES string of the molecule is CC(C(=O)N(C)CCOc1cccc(Cl)c1)n1c(-c2cccs2)n[nH]c1=S. The van der Waals surface area contributed by atoms with E-state index in [0.717, 1.165) is 4.88 Å². The molecule has 0 fully saturated rings. The van der Waals surface area contributed by atoms with Crippen LogP contribution in [0.5, 0.6) is 5.75 Å². The van der Waals surface area contributed by atoms with Gasteiger partial charge in [-0.1, -0.05) is 23.7 Å². The van der Waals surface area contributed by atoms with Crippen molar-refractivity contribution < 1.29 is 9.53 Å². The van der Waals surface area contributed by atoms with Gasteiger partial charge < -0.3 is 9.64 Å². The maximum Gasteiger partial charge on any atom is 0.245 e. The molecule has 0 aliphatic rings. The van der Waals surface area contributed by atoms with Crippen LogP contribution in [0.2, 0.25) is 5.02 Å². The molecule has 0 bridgehead atoms. The Morgan fingerprint density at radius 1 is 1.44 bits per heavy atom. The van der Waals surface area contributed by atoms with Crippen LogP contribution in [-0.4, -0.2) is 45.8 Å². The van der Waals surface area contributed by atoms with Crippen molar-refractivity contribution in [3.05, 3.63) is 51.6 Å². The molecule has 1 atom stereocenters. The van der Waals surface area contributed by atoms with Crippen molar-refractivity contribution in [1.29, 1.82) is 0 Å². The lowest BCUT2D eigenvalue weighted by molar-refractivity contribution is -0.133. The summed E-state index contributed by atoms with van der Waals surface area (Å²) < 4.78 is 7.83. The normalized spacial score (nSPS) is 12.0. The van der Waals surface area contributed by atoms with Crippen LogP contribution in [0.15, 0.2) is 41.8 Å². The molecular formula is C18H19ClN4O2S2. The van der Waals surface area contributed by atoms with Gasteiger partial charge in [-0.3, -0.25) is 14.5 Å². The van der Waals surface area contributed by atoms with Gasteiger partial charge in [0.1, 0.15) is 18.4 Å². The molecule has 1 N–H and O–H groups in total. The molecule has 0 aliphatic carbocycles. The number of H-pyrrole nitrogens is 1. The molecule has 1 amide bonds. The predicted molar refractivity (Wildman–Crippen MR) is 110 cm³/mol. The van der Waals surface area contributed by atoms with E-state index in [-0.39, 0.29) is 5.91 Å². The fourth-order valence-electron chi connectivity index (χ4n) is 2.64. The Labute approximate surface area is 171 Å². The van der Waals surface area contributed by atoms with E-state index in [2.05, 4.69) is 10.2 Å². The maximum atomic E-state index is 12.9. The quantitative estimate of drug-likeness (QED) is 0.572. The smallest absolute Gasteiger partial charge is 0.245 e. The number of hydrogen-bond acceptors (Lipinski definition) is 5. The van der Waals surface area contributed by atoms with Gasteiger partial charge in [0.15, 0.2) is 10.6 Å². The first-order valence-electron chi connectivity index (χ1n) is 8.31. The number of benzene rings is 1. The number of likely N-dealkylation sites (N-methyl/N-ethyl adjacent to an activating group) is 1. The topological polar surface area (TPSA) is 63.1 Å². The maximum absolute atomic E-state index is 12.9. The minimum Gasteiger partial charge on any atom is -0.492 e. The molecule has 0 saturated heterocycles. The molecule has 6 nitrogen and oxygen atoms in total. The monoisotopic (exact) mass is 422 g/mol. The van der Waals surface area contributed by atoms with E-state index in [1.165, 1.54) is 0 Å². The highest BCUT2D eigenvalue weighted by molar-refractivity contribution is 7.71. The lowest BCUT2D eigenvalue weighted by atomic mass is 10.2. The summed E-state index contributed by atoms with van der Waals surface area (Å²) in [5.74, 6) is 1.27. The zero-order valence-corrected chi connectivity index (χ0v) is 17.3. The third kappa shape index (κ3) is 4.58. The minimum absolute atomic E-state index is 0.0694. The number of nitrogens with one attached hydrogen (secondary N) is 1. The van der Waals surface area contributed by atoms with Gasteiger partial charge in [0.05, 0.1) is 11.4 Å². The average Bonchev–Trinajstić information content (AvgIpc) is 3.30. The number of rotatable bonds is 7. The van der Waals surface area contributed by atoms with Crippen molar-refractivity contribution in [1.82, 2.24) is 19.7 Å². The van der Waals surface area contributed by atoms with Crippen LogP contribution in [0.4, 0.5) is 0 Å². The molecule has 2 heterocycles. The second-order valence-corrected chi connectivity index (χ2v) is 7.71. The molecule has 0 aliphatic heterocycles. The molecule has 3 rings (SSSR count). The number of amides is 1. The third-order valence-corrected chi connectivity index (χ3v) is 5.45. The van der Waals surface area contributed by atoms with E-state index in [9.17, 15) is 4.79 Å². The Balaban J connectivity index is 1.65. The van der Waals surface area contributed by atoms with E-state index < -0.39 is 6.04 Å². The molecule has 27 heavy (non-hydrogen) atoms. The van der Waals surface area contributed by atoms with Gasteiger partial charge >= 0.3 is 0 Å². The Bertz CT molecular complexity index is 968. The number of aromatic nitrogens is 3. The highest BCUT2D eigenvalue weighted by Crippen LogP contribution is 2.26. The minimum atomic E-state index is -0.482. The lowest BCUT2D eigenvalue weighted by Gasteiger charge is -2.23. The van der Waals surface area contributed by atoms with Gasteiger partial charge in [-0.05, 0) is 48.8 Å². The summed E-state index contributed by atoms with van der Waals surface area (Å²) in [5, 5.41) is 9.64. The van der Waals surface area contributed by atoms with Crippen LogP contribution in [0.1, 0.15) is 13.0 Å². The number of hydrogen-bond donors (Lipinski definition) is 1. The Kier molecular flexibility index (Phi) is 6.30. The second kappa shape index (κ2) is 8.69. The van der Waals surface area contributed by atoms with Crippen LogP contribution < -0.4 is 4.74 Å². The predicted octanol–water partition coefficient (Wildman–Crippen LogP) is 4.42. The van der Waals surface area contributed by atoms with Crippen LogP contribution in [0, 0.1) is 4.77 Å². The Morgan fingerprint density at radius 2 is 2.26 bits per heavy atom. The summed E-state index contributed by atoms with van der Waals surface area (Å²) in [7, 11) is 1.74. The molecule has 2 aromatic heterocycles. The van der Waals surface area contributed by atoms with Gasteiger partial charge in [-0.15, -0.1) is 11.3 Å². The number of ether oxygens (including phenoxy) is 1. The van der Waals surface area contributed by atoms with Crippen molar-refractivity contribution in [3.8, 4) is 16.5 Å². The average molecular weight is 423 g/mol. The number of thiophene rings is 1. The summed E-state index contributed by atoms with van der Waals surface area (Å²) in [4.78, 5) is 15.4.